The van der Waals surface area contributed by atoms with Crippen molar-refractivity contribution < 1.29 is 13.2 Å². The first-order valence-electron chi connectivity index (χ1n) is 10.6. The van der Waals surface area contributed by atoms with Gasteiger partial charge in [0.15, 0.2) is 0 Å². The van der Waals surface area contributed by atoms with E-state index in [9.17, 15) is 8.42 Å². The lowest BCUT2D eigenvalue weighted by atomic mass is 10.3. The lowest BCUT2D eigenvalue weighted by Crippen LogP contribution is -2.13. The molecule has 0 saturated heterocycles. The molecule has 0 spiro atoms. The third-order valence-electron chi connectivity index (χ3n) is 5.12. The molecule has 3 heterocycles. The largest absolute Gasteiger partial charge is 0.439 e. The third-order valence-corrected chi connectivity index (χ3v) is 6.52. The van der Waals surface area contributed by atoms with Crippen molar-refractivity contribution in [1.29, 1.82) is 0 Å². The number of hydrogen-bond acceptors (Lipinski definition) is 7. The summed E-state index contributed by atoms with van der Waals surface area (Å²) < 4.78 is 37.6. The highest BCUT2D eigenvalue weighted by Gasteiger charge is 2.15. The fourth-order valence-electron chi connectivity index (χ4n) is 3.45. The van der Waals surface area contributed by atoms with Crippen molar-refractivity contribution in [1.82, 2.24) is 29.3 Å². The molecule has 1 N–H and O–H groups in total. The van der Waals surface area contributed by atoms with Crippen LogP contribution in [0.1, 0.15) is 11.6 Å². The number of benzene rings is 2. The lowest BCUT2D eigenvalue weighted by Gasteiger charge is -2.11. The van der Waals surface area contributed by atoms with E-state index in [1.807, 2.05) is 17.7 Å². The molecule has 0 aliphatic rings. The molecule has 0 saturated carbocycles. The average Bonchev–Trinajstić information content (AvgIpc) is 3.52. The number of aromatic nitrogens is 6. The molecule has 5 aromatic rings. The number of anilines is 1. The number of rotatable bonds is 7. The first kappa shape index (κ1) is 22.3. The van der Waals surface area contributed by atoms with Crippen LogP contribution >= 0.6 is 0 Å². The molecule has 0 fully saturated rings. The second-order valence-corrected chi connectivity index (χ2v) is 9.31. The van der Waals surface area contributed by atoms with Crippen LogP contribution in [0.2, 0.25) is 0 Å². The maximum Gasteiger partial charge on any atom is 0.261 e. The molecule has 0 radical (unpaired) electrons. The van der Waals surface area contributed by atoms with Gasteiger partial charge < -0.3 is 4.74 Å². The zero-order chi connectivity index (χ0) is 24.4. The minimum absolute atomic E-state index is 0.146. The van der Waals surface area contributed by atoms with Crippen molar-refractivity contribution in [3.8, 4) is 23.1 Å². The maximum atomic E-state index is 12.8. The molecule has 11 heteroatoms. The van der Waals surface area contributed by atoms with Crippen molar-refractivity contribution in [3.05, 3.63) is 97.1 Å². The standard InChI is InChI=1S/C24H21N7O3S/c1-17-27-23(30-15-13-25-18(30)2)16-24(28-17)34-21-8-4-19(5-9-21)29-35(32,33)22-10-6-20(7-11-22)31-14-3-12-26-31/h3-16,29H,1-2H3. The van der Waals surface area contributed by atoms with E-state index in [0.717, 1.165) is 11.5 Å². The highest BCUT2D eigenvalue weighted by molar-refractivity contribution is 7.92. The summed E-state index contributed by atoms with van der Waals surface area (Å²) in [6.07, 6.45) is 6.95. The average molecular weight is 488 g/mol. The molecule has 35 heavy (non-hydrogen) atoms. The molecular weight excluding hydrogens is 466 g/mol. The van der Waals surface area contributed by atoms with Crippen molar-refractivity contribution in [2.45, 2.75) is 18.7 Å². The molecule has 10 nitrogen and oxygen atoms in total. The van der Waals surface area contributed by atoms with Crippen molar-refractivity contribution >= 4 is 15.7 Å². The summed E-state index contributed by atoms with van der Waals surface area (Å²) in [7, 11) is -3.76. The van der Waals surface area contributed by atoms with E-state index in [-0.39, 0.29) is 4.90 Å². The molecule has 2 aromatic carbocycles. The van der Waals surface area contributed by atoms with Crippen LogP contribution in [-0.2, 0) is 10.0 Å². The van der Waals surface area contributed by atoms with Gasteiger partial charge >= 0.3 is 0 Å². The number of aryl methyl sites for hydroxylation is 2. The molecule has 0 aliphatic carbocycles. The maximum absolute atomic E-state index is 12.8. The summed E-state index contributed by atoms with van der Waals surface area (Å²) in [6.45, 7) is 3.66. The second kappa shape index (κ2) is 9.03. The molecular formula is C24H21N7O3S. The number of sulfonamides is 1. The van der Waals surface area contributed by atoms with E-state index in [2.05, 4.69) is 24.8 Å². The fourth-order valence-corrected chi connectivity index (χ4v) is 4.51. The van der Waals surface area contributed by atoms with Gasteiger partial charge in [-0.3, -0.25) is 9.29 Å². The van der Waals surface area contributed by atoms with Gasteiger partial charge in [-0.15, -0.1) is 0 Å². The summed E-state index contributed by atoms with van der Waals surface area (Å²) in [5, 5.41) is 4.14. The van der Waals surface area contributed by atoms with Gasteiger partial charge in [0.2, 0.25) is 5.88 Å². The monoisotopic (exact) mass is 487 g/mol. The second-order valence-electron chi connectivity index (χ2n) is 7.63. The van der Waals surface area contributed by atoms with Gasteiger partial charge in [0.1, 0.15) is 23.2 Å². The zero-order valence-corrected chi connectivity index (χ0v) is 19.7. The normalized spacial score (nSPS) is 11.4. The Morgan fingerprint density at radius 3 is 2.34 bits per heavy atom. The predicted octanol–water partition coefficient (Wildman–Crippen LogP) is 4.06. The summed E-state index contributed by atoms with van der Waals surface area (Å²) in [4.78, 5) is 13.1. The summed E-state index contributed by atoms with van der Waals surface area (Å²) in [5.74, 6) is 2.86. The van der Waals surface area contributed by atoms with Crippen LogP contribution in [0.15, 0.2) is 90.3 Å². The Bertz CT molecular complexity index is 1560. The number of nitrogens with zero attached hydrogens (tertiary/aromatic N) is 6. The van der Waals surface area contributed by atoms with Crippen LogP contribution in [-0.4, -0.2) is 37.7 Å². The summed E-state index contributed by atoms with van der Waals surface area (Å²) in [5.41, 5.74) is 1.17. The van der Waals surface area contributed by atoms with Gasteiger partial charge in [0, 0.05) is 36.5 Å². The SMILES string of the molecule is Cc1nc(Oc2ccc(NS(=O)(=O)c3ccc(-n4cccn4)cc3)cc2)cc(-n2ccnc2C)n1. The quantitative estimate of drug-likeness (QED) is 0.368. The highest BCUT2D eigenvalue weighted by atomic mass is 32.2. The van der Waals surface area contributed by atoms with Gasteiger partial charge in [-0.1, -0.05) is 0 Å². The van der Waals surface area contributed by atoms with Crippen molar-refractivity contribution in [3.63, 3.8) is 0 Å². The first-order valence-corrected chi connectivity index (χ1v) is 12.1. The van der Waals surface area contributed by atoms with Crippen LogP contribution in [0.4, 0.5) is 5.69 Å². The first-order chi connectivity index (χ1) is 16.9. The van der Waals surface area contributed by atoms with Crippen molar-refractivity contribution in [2.24, 2.45) is 0 Å². The van der Waals surface area contributed by atoms with E-state index >= 15 is 0 Å². The number of hydrogen-bond donors (Lipinski definition) is 1. The molecule has 176 valence electrons. The van der Waals surface area contributed by atoms with Crippen LogP contribution in [0.25, 0.3) is 11.5 Å². The molecule has 0 atom stereocenters. The molecule has 0 unspecified atom stereocenters. The smallest absolute Gasteiger partial charge is 0.261 e. The Morgan fingerprint density at radius 1 is 0.914 bits per heavy atom. The molecule has 5 rings (SSSR count). The van der Waals surface area contributed by atoms with Crippen LogP contribution in [0.3, 0.4) is 0 Å². The minimum atomic E-state index is -3.76. The van der Waals surface area contributed by atoms with Gasteiger partial charge in [0.25, 0.3) is 10.0 Å². The number of ether oxygens (including phenoxy) is 1. The number of imidazole rings is 1. The van der Waals surface area contributed by atoms with Gasteiger partial charge in [-0.25, -0.2) is 23.1 Å². The van der Waals surface area contributed by atoms with E-state index in [0.29, 0.717) is 29.0 Å². The van der Waals surface area contributed by atoms with Crippen molar-refractivity contribution in [2.75, 3.05) is 4.72 Å². The third kappa shape index (κ3) is 4.89. The molecule has 3 aromatic heterocycles. The van der Waals surface area contributed by atoms with E-state index < -0.39 is 10.0 Å². The molecule has 0 bridgehead atoms. The van der Waals surface area contributed by atoms with Crippen LogP contribution in [0.5, 0.6) is 11.6 Å². The Hall–Kier alpha value is -4.51. The Kier molecular flexibility index (Phi) is 5.75. The molecule has 0 amide bonds. The lowest BCUT2D eigenvalue weighted by molar-refractivity contribution is 0.459. The van der Waals surface area contributed by atoms with Gasteiger partial charge in [0.05, 0.1) is 10.6 Å². The number of nitrogens with one attached hydrogen (secondary N) is 1. The van der Waals surface area contributed by atoms with E-state index in [1.54, 1.807) is 78.7 Å². The topological polar surface area (TPSA) is 117 Å². The minimum Gasteiger partial charge on any atom is -0.439 e. The summed E-state index contributed by atoms with van der Waals surface area (Å²) >= 11 is 0. The summed E-state index contributed by atoms with van der Waals surface area (Å²) in [6, 6.07) is 16.6. The van der Waals surface area contributed by atoms with E-state index in [4.69, 9.17) is 4.74 Å². The predicted molar refractivity (Wildman–Crippen MR) is 130 cm³/mol. The van der Waals surface area contributed by atoms with Gasteiger partial charge in [-0.2, -0.15) is 10.1 Å². The highest BCUT2D eigenvalue weighted by Crippen LogP contribution is 2.25. The fraction of sp³-hybridized carbons (Fsp3) is 0.0833. The van der Waals surface area contributed by atoms with Gasteiger partial charge in [-0.05, 0) is 68.4 Å². The van der Waals surface area contributed by atoms with E-state index in [1.165, 1.54) is 12.1 Å². The van der Waals surface area contributed by atoms with Crippen LogP contribution in [0, 0.1) is 13.8 Å². The Morgan fingerprint density at radius 2 is 1.69 bits per heavy atom. The zero-order valence-electron chi connectivity index (χ0n) is 18.9. The van der Waals surface area contributed by atoms with Crippen LogP contribution < -0.4 is 9.46 Å². The Labute approximate surface area is 201 Å². The Balaban J connectivity index is 1.29. The molecule has 0 aliphatic heterocycles.